The topological polar surface area (TPSA) is 34.0 Å². The van der Waals surface area contributed by atoms with Crippen molar-refractivity contribution in [2.45, 2.75) is 0 Å². The molecule has 0 fully saturated rings. The summed E-state index contributed by atoms with van der Waals surface area (Å²) in [6.07, 6.45) is 0. The summed E-state index contributed by atoms with van der Waals surface area (Å²) >= 11 is 0. The third-order valence-corrected chi connectivity index (χ3v) is 9.01. The zero-order valence-electron chi connectivity index (χ0n) is 26.1. The van der Waals surface area contributed by atoms with Crippen molar-refractivity contribution in [3.8, 4) is 28.2 Å². The van der Waals surface area contributed by atoms with Crippen LogP contribution in [0.4, 0.5) is 17.3 Å². The highest BCUT2D eigenvalue weighted by molar-refractivity contribution is 6.11. The molecular weight excluding hydrogens is 585 g/mol. The van der Waals surface area contributed by atoms with Crippen LogP contribution < -0.4 is 4.90 Å². The molecule has 0 spiro atoms. The Balaban J connectivity index is 1.32. The standard InChI is InChI=1S/C44H30N4/c1-4-16-31(17-5-1)38-30-39(32-18-6-2-7-19-32)46-44(45-38)47(33-20-8-3-9-21-33)40-28-14-25-37-36(40)24-15-29-43(37)48-41-26-12-10-22-34(41)35-23-11-13-27-42(35)48/h1-30H. The summed E-state index contributed by atoms with van der Waals surface area (Å²) in [4.78, 5) is 12.7. The quantitative estimate of drug-likeness (QED) is 0.187. The molecule has 2 heterocycles. The fourth-order valence-corrected chi connectivity index (χ4v) is 6.84. The van der Waals surface area contributed by atoms with Crippen LogP contribution in [0.1, 0.15) is 0 Å². The highest BCUT2D eigenvalue weighted by Crippen LogP contribution is 2.41. The van der Waals surface area contributed by atoms with Gasteiger partial charge in [0.1, 0.15) is 0 Å². The Morgan fingerprint density at radius 1 is 0.396 bits per heavy atom. The van der Waals surface area contributed by atoms with Crippen LogP contribution >= 0.6 is 0 Å². The summed E-state index contributed by atoms with van der Waals surface area (Å²) in [5, 5.41) is 4.74. The molecule has 0 N–H and O–H groups in total. The maximum atomic E-state index is 5.25. The molecule has 4 nitrogen and oxygen atoms in total. The van der Waals surface area contributed by atoms with Crippen molar-refractivity contribution < 1.29 is 0 Å². The lowest BCUT2D eigenvalue weighted by Gasteiger charge is -2.26. The molecule has 226 valence electrons. The van der Waals surface area contributed by atoms with E-state index in [2.05, 4.69) is 173 Å². The highest BCUT2D eigenvalue weighted by Gasteiger charge is 2.22. The van der Waals surface area contributed by atoms with Gasteiger partial charge in [0.15, 0.2) is 0 Å². The average Bonchev–Trinajstić information content (AvgIpc) is 3.50. The molecule has 0 saturated carbocycles. The third kappa shape index (κ3) is 4.70. The number of hydrogen-bond acceptors (Lipinski definition) is 3. The number of benzene rings is 7. The van der Waals surface area contributed by atoms with Crippen LogP contribution in [0, 0.1) is 0 Å². The lowest BCUT2D eigenvalue weighted by Crippen LogP contribution is -2.15. The number of anilines is 3. The van der Waals surface area contributed by atoms with Crippen LogP contribution in [0.25, 0.3) is 60.8 Å². The summed E-state index contributed by atoms with van der Waals surface area (Å²) in [5.41, 5.74) is 9.30. The Bertz CT molecular complexity index is 2450. The van der Waals surface area contributed by atoms with Gasteiger partial charge in [0.05, 0.1) is 33.8 Å². The number of rotatable bonds is 6. The Kier molecular flexibility index (Phi) is 6.76. The molecule has 0 radical (unpaired) electrons. The number of hydrogen-bond donors (Lipinski definition) is 0. The lowest BCUT2D eigenvalue weighted by atomic mass is 10.0. The van der Waals surface area contributed by atoms with Crippen LogP contribution in [0.5, 0.6) is 0 Å². The van der Waals surface area contributed by atoms with Crippen LogP contribution in [0.2, 0.25) is 0 Å². The minimum atomic E-state index is 0.608. The molecular formula is C44H30N4. The van der Waals surface area contributed by atoms with Crippen molar-refractivity contribution in [2.75, 3.05) is 4.90 Å². The third-order valence-electron chi connectivity index (χ3n) is 9.01. The lowest BCUT2D eigenvalue weighted by molar-refractivity contribution is 1.09. The number of fused-ring (bicyclic) bond motifs is 4. The van der Waals surface area contributed by atoms with Gasteiger partial charge in [-0.2, -0.15) is 0 Å². The zero-order chi connectivity index (χ0) is 31.9. The van der Waals surface area contributed by atoms with E-state index in [0.29, 0.717) is 5.95 Å². The van der Waals surface area contributed by atoms with Crippen molar-refractivity contribution in [1.29, 1.82) is 0 Å². The van der Waals surface area contributed by atoms with Gasteiger partial charge in [-0.1, -0.05) is 140 Å². The van der Waals surface area contributed by atoms with Gasteiger partial charge < -0.3 is 4.57 Å². The van der Waals surface area contributed by atoms with Crippen LogP contribution in [-0.2, 0) is 0 Å². The molecule has 0 aliphatic heterocycles. The Labute approximate surface area is 278 Å². The van der Waals surface area contributed by atoms with Gasteiger partial charge in [-0.25, -0.2) is 9.97 Å². The summed E-state index contributed by atoms with van der Waals surface area (Å²) in [7, 11) is 0. The van der Waals surface area contributed by atoms with E-state index in [9.17, 15) is 0 Å². The first-order chi connectivity index (χ1) is 23.8. The van der Waals surface area contributed by atoms with Crippen molar-refractivity contribution in [3.63, 3.8) is 0 Å². The monoisotopic (exact) mass is 614 g/mol. The fourth-order valence-electron chi connectivity index (χ4n) is 6.84. The summed E-state index contributed by atoms with van der Waals surface area (Å²) in [6.45, 7) is 0. The molecule has 4 heteroatoms. The SMILES string of the molecule is c1ccc(-c2cc(-c3ccccc3)nc(N(c3ccccc3)c3cccc4c(-n5c6ccccc6c6ccccc65)cccc34)n2)cc1. The van der Waals surface area contributed by atoms with Crippen LogP contribution in [0.3, 0.4) is 0 Å². The molecule has 0 unspecified atom stereocenters. The molecule has 9 rings (SSSR count). The normalized spacial score (nSPS) is 11.3. The highest BCUT2D eigenvalue weighted by atomic mass is 15.3. The summed E-state index contributed by atoms with van der Waals surface area (Å²) < 4.78 is 2.39. The first kappa shape index (κ1) is 27.8. The molecule has 0 saturated heterocycles. The molecule has 0 atom stereocenters. The average molecular weight is 615 g/mol. The van der Waals surface area contributed by atoms with Crippen molar-refractivity contribution in [2.24, 2.45) is 0 Å². The summed E-state index contributed by atoms with van der Waals surface area (Å²) in [5.74, 6) is 0.608. The van der Waals surface area contributed by atoms with E-state index in [0.717, 1.165) is 50.3 Å². The summed E-state index contributed by atoms with van der Waals surface area (Å²) in [6, 6.07) is 63.6. The van der Waals surface area contributed by atoms with Crippen molar-refractivity contribution >= 4 is 49.9 Å². The molecule has 0 aliphatic rings. The van der Waals surface area contributed by atoms with Crippen LogP contribution in [0.15, 0.2) is 182 Å². The molecule has 0 amide bonds. The molecule has 9 aromatic rings. The Morgan fingerprint density at radius 3 is 1.48 bits per heavy atom. The van der Waals surface area contributed by atoms with Gasteiger partial charge in [0.25, 0.3) is 0 Å². The van der Waals surface area contributed by atoms with Crippen molar-refractivity contribution in [1.82, 2.24) is 14.5 Å². The Morgan fingerprint density at radius 2 is 0.875 bits per heavy atom. The predicted molar refractivity (Wildman–Crippen MR) is 199 cm³/mol. The molecule has 0 aliphatic carbocycles. The number of para-hydroxylation sites is 3. The molecule has 0 bridgehead atoms. The van der Waals surface area contributed by atoms with Crippen LogP contribution in [-0.4, -0.2) is 14.5 Å². The van der Waals surface area contributed by atoms with E-state index < -0.39 is 0 Å². The van der Waals surface area contributed by atoms with E-state index >= 15 is 0 Å². The molecule has 7 aromatic carbocycles. The molecule has 2 aromatic heterocycles. The van der Waals surface area contributed by atoms with Gasteiger partial charge in [0, 0.05) is 38.4 Å². The second-order valence-corrected chi connectivity index (χ2v) is 11.9. The van der Waals surface area contributed by atoms with E-state index in [4.69, 9.17) is 9.97 Å². The van der Waals surface area contributed by atoms with E-state index in [-0.39, 0.29) is 0 Å². The first-order valence-corrected chi connectivity index (χ1v) is 16.2. The van der Waals surface area contributed by atoms with Crippen molar-refractivity contribution in [3.05, 3.63) is 182 Å². The fraction of sp³-hybridized carbons (Fsp3) is 0. The second kappa shape index (κ2) is 11.7. The minimum absolute atomic E-state index is 0.608. The maximum absolute atomic E-state index is 5.25. The van der Waals surface area contributed by atoms with E-state index in [1.54, 1.807) is 0 Å². The van der Waals surface area contributed by atoms with Gasteiger partial charge in [-0.3, -0.25) is 4.90 Å². The van der Waals surface area contributed by atoms with Gasteiger partial charge in [0.2, 0.25) is 5.95 Å². The first-order valence-electron chi connectivity index (χ1n) is 16.2. The molecule has 48 heavy (non-hydrogen) atoms. The van der Waals surface area contributed by atoms with E-state index in [1.807, 2.05) is 18.2 Å². The zero-order valence-corrected chi connectivity index (χ0v) is 26.1. The van der Waals surface area contributed by atoms with Gasteiger partial charge in [-0.15, -0.1) is 0 Å². The second-order valence-electron chi connectivity index (χ2n) is 11.9. The van der Waals surface area contributed by atoms with Gasteiger partial charge in [-0.05, 0) is 42.5 Å². The van der Waals surface area contributed by atoms with Gasteiger partial charge >= 0.3 is 0 Å². The maximum Gasteiger partial charge on any atom is 0.235 e. The largest absolute Gasteiger partial charge is 0.309 e. The number of nitrogens with zero attached hydrogens (tertiary/aromatic N) is 4. The van der Waals surface area contributed by atoms with E-state index in [1.165, 1.54) is 21.8 Å². The smallest absolute Gasteiger partial charge is 0.235 e. The predicted octanol–water partition coefficient (Wildman–Crippen LogP) is 11.5. The minimum Gasteiger partial charge on any atom is -0.309 e. The number of aromatic nitrogens is 3. The Hall–Kier alpha value is -6.52.